The maximum Gasteiger partial charge on any atom is 0.122 e. The molecule has 0 atom stereocenters. The van der Waals surface area contributed by atoms with E-state index in [0.29, 0.717) is 13.0 Å². The van der Waals surface area contributed by atoms with E-state index in [1.807, 2.05) is 0 Å². The molecular weight excluding hydrogens is 173 g/mol. The smallest absolute Gasteiger partial charge is 0.122 e. The number of rotatable bonds is 3. The molecule has 0 aromatic carbocycles. The molecule has 0 fully saturated rings. The summed E-state index contributed by atoms with van der Waals surface area (Å²) in [7, 11) is 1.57. The van der Waals surface area contributed by atoms with Crippen LogP contribution in [0.25, 0.3) is 0 Å². The molecule has 0 bridgehead atoms. The second-order valence-corrected chi connectivity index (χ2v) is 0.948. The Morgan fingerprint density at radius 2 is 2.29 bits per heavy atom. The Hall–Kier alpha value is 0.370. The first-order valence-corrected chi connectivity index (χ1v) is 1.84. The van der Waals surface area contributed by atoms with E-state index in [0.717, 1.165) is 6.29 Å². The zero-order valence-corrected chi connectivity index (χ0v) is 6.45. The molecule has 0 aromatic rings. The number of methoxy groups -OCH3 is 1. The average molecular weight is 181 g/mol. The van der Waals surface area contributed by atoms with Crippen molar-refractivity contribution >= 4 is 6.29 Å². The summed E-state index contributed by atoms with van der Waals surface area (Å²) in [6.07, 6.45) is 1.35. The molecule has 0 rings (SSSR count). The van der Waals surface area contributed by atoms with E-state index in [-0.39, 0.29) is 22.4 Å². The summed E-state index contributed by atoms with van der Waals surface area (Å²) in [4.78, 5) is 9.48. The Labute approximate surface area is 58.7 Å². The van der Waals surface area contributed by atoms with Gasteiger partial charge in [-0.2, -0.15) is 0 Å². The number of hydrogen-bond donors (Lipinski definition) is 0. The molecule has 0 aromatic heterocycles. The number of hydrogen-bond acceptors (Lipinski definition) is 2. The van der Waals surface area contributed by atoms with E-state index in [4.69, 9.17) is 0 Å². The molecule has 0 spiro atoms. The summed E-state index contributed by atoms with van der Waals surface area (Å²) in [5.74, 6) is 0. The van der Waals surface area contributed by atoms with E-state index in [9.17, 15) is 4.79 Å². The monoisotopic (exact) mass is 181 g/mol. The van der Waals surface area contributed by atoms with Crippen LogP contribution < -0.4 is 0 Å². The van der Waals surface area contributed by atoms with Crippen LogP contribution in [0.4, 0.5) is 0 Å². The molecule has 41 valence electrons. The molecule has 0 amide bonds. The third-order valence-electron chi connectivity index (χ3n) is 0.440. The van der Waals surface area contributed by atoms with Crippen molar-refractivity contribution in [2.45, 2.75) is 6.42 Å². The summed E-state index contributed by atoms with van der Waals surface area (Å²) < 4.78 is 4.55. The molecule has 0 aliphatic rings. The summed E-state index contributed by atoms with van der Waals surface area (Å²) in [6, 6.07) is 0. The molecule has 0 aliphatic carbocycles. The summed E-state index contributed by atoms with van der Waals surface area (Å²) in [5, 5.41) is 0. The topological polar surface area (TPSA) is 26.3 Å². The van der Waals surface area contributed by atoms with Crippen LogP contribution in [0.1, 0.15) is 6.42 Å². The zero-order valence-electron chi connectivity index (χ0n) is 4.26. The minimum absolute atomic E-state index is 0. The van der Waals surface area contributed by atoms with Gasteiger partial charge < -0.3 is 9.53 Å². The van der Waals surface area contributed by atoms with Gasteiger partial charge in [0, 0.05) is 35.9 Å². The molecule has 0 aliphatic heterocycles. The minimum Gasteiger partial charge on any atom is -0.384 e. The van der Waals surface area contributed by atoms with E-state index < -0.39 is 0 Å². The molecule has 7 heavy (non-hydrogen) atoms. The van der Waals surface area contributed by atoms with Gasteiger partial charge in [-0.25, -0.2) is 0 Å². The first kappa shape index (κ1) is 10.4. The first-order valence-electron chi connectivity index (χ1n) is 1.84. The van der Waals surface area contributed by atoms with Gasteiger partial charge in [0.05, 0.1) is 6.61 Å². The van der Waals surface area contributed by atoms with Crippen molar-refractivity contribution < 1.29 is 31.9 Å². The Morgan fingerprint density at radius 3 is 2.43 bits per heavy atom. The van der Waals surface area contributed by atoms with Crippen LogP contribution in [0.5, 0.6) is 0 Å². The molecule has 1 radical (unpaired) electrons. The van der Waals surface area contributed by atoms with Crippen LogP contribution in [0.2, 0.25) is 0 Å². The molecule has 0 unspecified atom stereocenters. The molecule has 0 saturated carbocycles. The zero-order chi connectivity index (χ0) is 4.83. The van der Waals surface area contributed by atoms with Crippen molar-refractivity contribution in [3.05, 3.63) is 0 Å². The fraction of sp³-hybridized carbons (Fsp3) is 0.750. The van der Waals surface area contributed by atoms with Gasteiger partial charge in [0.1, 0.15) is 6.29 Å². The molecule has 2 nitrogen and oxygen atoms in total. The second-order valence-electron chi connectivity index (χ2n) is 0.948. The van der Waals surface area contributed by atoms with Gasteiger partial charge >= 0.3 is 0 Å². The van der Waals surface area contributed by atoms with Gasteiger partial charge in [-0.05, 0) is 0 Å². The number of aldehydes is 1. The molecule has 0 N–H and O–H groups in total. The molecular formula is C4H8NbO2. The summed E-state index contributed by atoms with van der Waals surface area (Å²) >= 11 is 0. The normalized spacial score (nSPS) is 7.00. The van der Waals surface area contributed by atoms with Gasteiger partial charge in [-0.15, -0.1) is 0 Å². The van der Waals surface area contributed by atoms with Crippen LogP contribution in [-0.4, -0.2) is 20.0 Å². The van der Waals surface area contributed by atoms with Gasteiger partial charge in [0.2, 0.25) is 0 Å². The Bertz CT molecular complexity index is 38.7. The molecule has 3 heteroatoms. The Kier molecular flexibility index (Phi) is 14.3. The molecule has 0 saturated heterocycles. The van der Waals surface area contributed by atoms with Crippen molar-refractivity contribution in [2.24, 2.45) is 0 Å². The predicted octanol–water partition coefficient (Wildman–Crippen LogP) is 0.219. The number of carbonyl (C=O) groups is 1. The Balaban J connectivity index is 0. The van der Waals surface area contributed by atoms with Crippen molar-refractivity contribution in [1.29, 1.82) is 0 Å². The fourth-order valence-electron chi connectivity index (χ4n) is 0.166. The van der Waals surface area contributed by atoms with Crippen LogP contribution in [0.15, 0.2) is 0 Å². The van der Waals surface area contributed by atoms with Crippen molar-refractivity contribution in [3.63, 3.8) is 0 Å². The number of ether oxygens (including phenoxy) is 1. The Morgan fingerprint density at radius 1 is 1.71 bits per heavy atom. The van der Waals surface area contributed by atoms with Gasteiger partial charge in [0.15, 0.2) is 0 Å². The van der Waals surface area contributed by atoms with E-state index in [1.165, 1.54) is 0 Å². The molecule has 0 heterocycles. The van der Waals surface area contributed by atoms with Crippen LogP contribution >= 0.6 is 0 Å². The van der Waals surface area contributed by atoms with Crippen molar-refractivity contribution in [3.8, 4) is 0 Å². The second kappa shape index (κ2) is 9.62. The van der Waals surface area contributed by atoms with Crippen molar-refractivity contribution in [2.75, 3.05) is 13.7 Å². The first-order chi connectivity index (χ1) is 2.91. The fourth-order valence-corrected chi connectivity index (χ4v) is 0.166. The van der Waals surface area contributed by atoms with E-state index >= 15 is 0 Å². The van der Waals surface area contributed by atoms with Crippen LogP contribution in [0.3, 0.4) is 0 Å². The van der Waals surface area contributed by atoms with Gasteiger partial charge in [-0.3, -0.25) is 0 Å². The SMILES string of the molecule is COCCC=O.[Nb]. The van der Waals surface area contributed by atoms with Gasteiger partial charge in [-0.1, -0.05) is 0 Å². The summed E-state index contributed by atoms with van der Waals surface area (Å²) in [6.45, 7) is 0.545. The quantitative estimate of drug-likeness (QED) is 0.353. The largest absolute Gasteiger partial charge is 0.384 e. The summed E-state index contributed by atoms with van der Waals surface area (Å²) in [5.41, 5.74) is 0. The van der Waals surface area contributed by atoms with Crippen molar-refractivity contribution in [1.82, 2.24) is 0 Å². The number of carbonyl (C=O) groups excluding carboxylic acids is 1. The van der Waals surface area contributed by atoms with Gasteiger partial charge in [0.25, 0.3) is 0 Å². The third kappa shape index (κ3) is 10.7. The standard InChI is InChI=1S/C4H8O2.Nb/c1-6-4-2-3-5;/h3H,2,4H2,1H3;. The average Bonchev–Trinajstić information content (AvgIpc) is 1.61. The third-order valence-corrected chi connectivity index (χ3v) is 0.440. The predicted molar refractivity (Wildman–Crippen MR) is 22.6 cm³/mol. The van der Waals surface area contributed by atoms with Crippen LogP contribution in [-0.2, 0) is 31.9 Å². The van der Waals surface area contributed by atoms with E-state index in [1.54, 1.807) is 7.11 Å². The van der Waals surface area contributed by atoms with Crippen LogP contribution in [0, 0.1) is 0 Å². The van der Waals surface area contributed by atoms with E-state index in [2.05, 4.69) is 4.74 Å². The maximum absolute atomic E-state index is 9.48. The minimum atomic E-state index is 0. The maximum atomic E-state index is 9.48.